The van der Waals surface area contributed by atoms with Gasteiger partial charge in [0, 0.05) is 5.56 Å². The molecule has 1 aliphatic carbocycles. The molecule has 0 heterocycles. The maximum Gasteiger partial charge on any atom is 0.343 e. The van der Waals surface area contributed by atoms with Crippen LogP contribution in [0.4, 0.5) is 22.0 Å². The summed E-state index contributed by atoms with van der Waals surface area (Å²) in [6, 6.07) is 8.84. The third-order valence-electron chi connectivity index (χ3n) is 6.75. The lowest BCUT2D eigenvalue weighted by Gasteiger charge is -2.24. The van der Waals surface area contributed by atoms with Gasteiger partial charge < -0.3 is 14.2 Å². The fourth-order valence-electron chi connectivity index (χ4n) is 4.58. The van der Waals surface area contributed by atoms with Crippen LogP contribution >= 0.6 is 0 Å². The van der Waals surface area contributed by atoms with Gasteiger partial charge in [-0.3, -0.25) is 0 Å². The van der Waals surface area contributed by atoms with Gasteiger partial charge in [-0.25, -0.2) is 13.6 Å². The highest BCUT2D eigenvalue weighted by molar-refractivity contribution is 5.91. The molecule has 0 spiro atoms. The first-order chi connectivity index (χ1) is 19.2. The van der Waals surface area contributed by atoms with E-state index in [0.717, 1.165) is 24.6 Å². The van der Waals surface area contributed by atoms with E-state index in [0.29, 0.717) is 31.3 Å². The average molecular weight is 561 g/mol. The quantitative estimate of drug-likeness (QED) is 0.108. The minimum atomic E-state index is -1.38. The van der Waals surface area contributed by atoms with E-state index in [4.69, 9.17) is 14.2 Å². The van der Waals surface area contributed by atoms with Crippen molar-refractivity contribution in [2.75, 3.05) is 13.2 Å². The second-order valence-corrected chi connectivity index (χ2v) is 9.39. The minimum absolute atomic E-state index is 0.141. The van der Waals surface area contributed by atoms with Gasteiger partial charge in [-0.1, -0.05) is 31.6 Å². The predicted molar refractivity (Wildman–Crippen MR) is 140 cm³/mol. The van der Waals surface area contributed by atoms with Gasteiger partial charge in [0.05, 0.1) is 18.8 Å². The summed E-state index contributed by atoms with van der Waals surface area (Å²) in [4.78, 5) is 12.5. The molecule has 9 heteroatoms. The Morgan fingerprint density at radius 3 is 2.20 bits per heavy atom. The van der Waals surface area contributed by atoms with Gasteiger partial charge in [0.15, 0.2) is 23.1 Å². The number of carbonyl (C=O) groups excluding carboxylic acids is 1. The zero-order valence-corrected chi connectivity index (χ0v) is 22.2. The molecule has 0 aromatic heterocycles. The van der Waals surface area contributed by atoms with Gasteiger partial charge in [0.25, 0.3) is 0 Å². The SMILES string of the molecule is CCCCOc1ccc(OC(=O)c2ccc(C3=CCC(c4ccc(OCC)c(F)c4F)CC3)c(F)c2)c(F)c1F. The van der Waals surface area contributed by atoms with Crippen molar-refractivity contribution in [2.45, 2.75) is 51.9 Å². The zero-order chi connectivity index (χ0) is 28.8. The molecule has 0 bridgehead atoms. The van der Waals surface area contributed by atoms with E-state index >= 15 is 4.39 Å². The zero-order valence-electron chi connectivity index (χ0n) is 22.2. The summed E-state index contributed by atoms with van der Waals surface area (Å²) >= 11 is 0. The maximum atomic E-state index is 15.0. The molecule has 0 amide bonds. The fraction of sp³-hybridized carbons (Fsp3) is 0.323. The summed E-state index contributed by atoms with van der Waals surface area (Å²) < 4.78 is 87.9. The van der Waals surface area contributed by atoms with Crippen molar-refractivity contribution in [1.29, 1.82) is 0 Å². The topological polar surface area (TPSA) is 44.8 Å². The Morgan fingerprint density at radius 2 is 1.52 bits per heavy atom. The standard InChI is InChI=1S/C31H29F5O4/c1-3-5-16-39-25-14-15-26(30(36)29(25)35)40-31(37)20-10-11-21(23(32)17-20)18-6-8-19(9-7-18)22-12-13-24(38-4-2)28(34)27(22)33/h6,10-15,17,19H,3-5,7-9,16H2,1-2H3. The number of rotatable bonds is 10. The lowest BCUT2D eigenvalue weighted by molar-refractivity contribution is 0.0725. The Morgan fingerprint density at radius 1 is 0.850 bits per heavy atom. The molecule has 40 heavy (non-hydrogen) atoms. The van der Waals surface area contributed by atoms with Crippen LogP contribution in [0, 0.1) is 29.1 Å². The number of benzene rings is 3. The second-order valence-electron chi connectivity index (χ2n) is 9.39. The molecule has 1 aliphatic rings. The van der Waals surface area contributed by atoms with Crippen molar-refractivity contribution in [3.63, 3.8) is 0 Å². The smallest absolute Gasteiger partial charge is 0.343 e. The summed E-state index contributed by atoms with van der Waals surface area (Å²) in [5.74, 6) is -7.77. The van der Waals surface area contributed by atoms with Gasteiger partial charge in [-0.15, -0.1) is 0 Å². The molecule has 0 saturated heterocycles. The summed E-state index contributed by atoms with van der Waals surface area (Å²) in [5.41, 5.74) is 0.955. The summed E-state index contributed by atoms with van der Waals surface area (Å²) in [5, 5.41) is 0. The lowest BCUT2D eigenvalue weighted by Crippen LogP contribution is -2.12. The van der Waals surface area contributed by atoms with Crippen molar-refractivity contribution in [1.82, 2.24) is 0 Å². The number of carbonyl (C=O) groups is 1. The van der Waals surface area contributed by atoms with E-state index in [1.165, 1.54) is 24.3 Å². The van der Waals surface area contributed by atoms with E-state index in [1.807, 2.05) is 6.92 Å². The molecule has 0 fully saturated rings. The normalized spacial score (nSPS) is 15.0. The Hall–Kier alpha value is -3.88. The van der Waals surface area contributed by atoms with Gasteiger partial charge in [0.2, 0.25) is 17.5 Å². The van der Waals surface area contributed by atoms with Crippen LogP contribution in [0.3, 0.4) is 0 Å². The van der Waals surface area contributed by atoms with Crippen LogP contribution in [-0.2, 0) is 0 Å². The van der Waals surface area contributed by atoms with Crippen LogP contribution in [-0.4, -0.2) is 19.2 Å². The van der Waals surface area contributed by atoms with Gasteiger partial charge in [-0.05, 0) is 80.0 Å². The molecule has 0 saturated carbocycles. The number of ether oxygens (including phenoxy) is 3. The van der Waals surface area contributed by atoms with Gasteiger partial charge in [-0.2, -0.15) is 13.2 Å². The molecule has 212 valence electrons. The molecular formula is C31H29F5O4. The highest BCUT2D eigenvalue weighted by atomic mass is 19.2. The lowest BCUT2D eigenvalue weighted by atomic mass is 9.82. The molecule has 1 atom stereocenters. The van der Waals surface area contributed by atoms with Gasteiger partial charge in [0.1, 0.15) is 5.82 Å². The molecule has 0 N–H and O–H groups in total. The molecule has 0 radical (unpaired) electrons. The minimum Gasteiger partial charge on any atom is -0.491 e. The van der Waals surface area contributed by atoms with E-state index in [-0.39, 0.29) is 47.3 Å². The van der Waals surface area contributed by atoms with E-state index < -0.39 is 40.8 Å². The first-order valence-corrected chi connectivity index (χ1v) is 13.2. The van der Waals surface area contributed by atoms with Crippen molar-refractivity contribution >= 4 is 11.5 Å². The first kappa shape index (κ1) is 29.1. The summed E-state index contributed by atoms with van der Waals surface area (Å²) in [6.07, 6.45) is 4.47. The Labute approximate surface area is 229 Å². The van der Waals surface area contributed by atoms with Crippen LogP contribution < -0.4 is 14.2 Å². The van der Waals surface area contributed by atoms with Crippen molar-refractivity contribution in [3.05, 3.63) is 94.3 Å². The molecule has 4 rings (SSSR count). The molecule has 3 aromatic carbocycles. The van der Waals surface area contributed by atoms with Crippen LogP contribution in [0.25, 0.3) is 5.57 Å². The number of unbranched alkanes of at least 4 members (excludes halogenated alkanes) is 1. The molecule has 1 unspecified atom stereocenters. The van der Waals surface area contributed by atoms with E-state index in [9.17, 15) is 22.4 Å². The third kappa shape index (κ3) is 6.29. The highest BCUT2D eigenvalue weighted by Gasteiger charge is 2.25. The molecule has 3 aromatic rings. The summed E-state index contributed by atoms with van der Waals surface area (Å²) in [7, 11) is 0. The molecule has 0 aliphatic heterocycles. The third-order valence-corrected chi connectivity index (χ3v) is 6.75. The van der Waals surface area contributed by atoms with Crippen molar-refractivity contribution in [3.8, 4) is 17.2 Å². The largest absolute Gasteiger partial charge is 0.491 e. The van der Waals surface area contributed by atoms with Gasteiger partial charge >= 0.3 is 5.97 Å². The number of hydrogen-bond acceptors (Lipinski definition) is 4. The number of hydrogen-bond donors (Lipinski definition) is 0. The number of allylic oxidation sites excluding steroid dienone is 2. The molecular weight excluding hydrogens is 531 g/mol. The van der Waals surface area contributed by atoms with Crippen LogP contribution in [0.1, 0.15) is 73.4 Å². The Kier molecular flexibility index (Phi) is 9.45. The van der Waals surface area contributed by atoms with Crippen LogP contribution in [0.5, 0.6) is 17.2 Å². The number of esters is 1. The monoisotopic (exact) mass is 560 g/mol. The fourth-order valence-corrected chi connectivity index (χ4v) is 4.58. The Balaban J connectivity index is 1.44. The molecule has 4 nitrogen and oxygen atoms in total. The van der Waals surface area contributed by atoms with E-state index in [1.54, 1.807) is 13.0 Å². The predicted octanol–water partition coefficient (Wildman–Crippen LogP) is 8.53. The average Bonchev–Trinajstić information content (AvgIpc) is 2.95. The highest BCUT2D eigenvalue weighted by Crippen LogP contribution is 2.39. The maximum absolute atomic E-state index is 15.0. The first-order valence-electron chi connectivity index (χ1n) is 13.2. The second kappa shape index (κ2) is 13.0. The summed E-state index contributed by atoms with van der Waals surface area (Å²) in [6.45, 7) is 4.03. The Bertz CT molecular complexity index is 1420. The number of halogens is 5. The van der Waals surface area contributed by atoms with Crippen molar-refractivity contribution in [2.24, 2.45) is 0 Å². The van der Waals surface area contributed by atoms with Crippen molar-refractivity contribution < 1.29 is 41.0 Å². The van der Waals surface area contributed by atoms with Crippen LogP contribution in [0.2, 0.25) is 0 Å². The van der Waals surface area contributed by atoms with E-state index in [2.05, 4.69) is 0 Å². The van der Waals surface area contributed by atoms with Crippen LogP contribution in [0.15, 0.2) is 48.5 Å².